The Hall–Kier alpha value is -4.65. The molecule has 2 aliphatic rings. The molecule has 0 radical (unpaired) electrons. The Labute approximate surface area is 253 Å². The molecule has 20 heteroatoms. The van der Waals surface area contributed by atoms with Gasteiger partial charge in [-0.3, -0.25) is 9.59 Å². The molecule has 0 aromatic carbocycles. The standard InChI is InChI=1S/C26H24F7N9O4/c1-11-38-39-23(45-11)24(8-15(26(31,32)33)36-22(24)44)7-12-6-16-35-14(10-42(16)34-9-12)17(13-2-4-25(29,30)5-3-13)37-21(43)19-18(20(27)28)40-46-41-19/h6,9-10,13,15,17,20H,2-5,7-8H2,1H3,(H,36,44)(H,37,43)/t15-,17-,24+/m0/s1. The van der Waals surface area contributed by atoms with E-state index < -0.39 is 84.4 Å². The lowest BCUT2D eigenvalue weighted by Gasteiger charge is -2.33. The van der Waals surface area contributed by atoms with Crippen LogP contribution in [0.3, 0.4) is 0 Å². The summed E-state index contributed by atoms with van der Waals surface area (Å²) in [6.45, 7) is 1.42. The molecule has 4 aromatic heterocycles. The summed E-state index contributed by atoms with van der Waals surface area (Å²) in [5.41, 5.74) is -3.12. The molecule has 1 aliphatic carbocycles. The molecule has 0 bridgehead atoms. The molecule has 1 saturated carbocycles. The van der Waals surface area contributed by atoms with E-state index in [0.29, 0.717) is 0 Å². The summed E-state index contributed by atoms with van der Waals surface area (Å²) >= 11 is 0. The lowest BCUT2D eigenvalue weighted by molar-refractivity contribution is -0.155. The molecule has 1 aliphatic heterocycles. The van der Waals surface area contributed by atoms with Crippen molar-refractivity contribution in [1.29, 1.82) is 0 Å². The molecule has 0 spiro atoms. The van der Waals surface area contributed by atoms with Gasteiger partial charge in [-0.2, -0.15) is 18.3 Å². The van der Waals surface area contributed by atoms with Crippen molar-refractivity contribution in [3.05, 3.63) is 52.9 Å². The number of hydrogen-bond acceptors (Lipinski definition) is 10. The molecule has 2 amide bonds. The third-order valence-electron chi connectivity index (χ3n) is 8.30. The first kappa shape index (κ1) is 31.3. The van der Waals surface area contributed by atoms with Gasteiger partial charge in [0.25, 0.3) is 12.3 Å². The fourth-order valence-electron chi connectivity index (χ4n) is 5.95. The Morgan fingerprint density at radius 1 is 1.20 bits per heavy atom. The van der Waals surface area contributed by atoms with Crippen LogP contribution in [0, 0.1) is 12.8 Å². The second-order valence-electron chi connectivity index (χ2n) is 11.4. The van der Waals surface area contributed by atoms with Gasteiger partial charge in [0.2, 0.25) is 29.3 Å². The van der Waals surface area contributed by atoms with Crippen molar-refractivity contribution >= 4 is 17.5 Å². The molecular weight excluding hydrogens is 635 g/mol. The van der Waals surface area contributed by atoms with E-state index in [0.717, 1.165) is 0 Å². The SMILES string of the molecule is Cc1nnc([C@]2(Cc3cnn4cc([C@@H](NC(=O)c5nonc5C(F)F)C5CCC(F)(F)CC5)nc4c3)C[C@@H](C(F)(F)F)NC2=O)o1. The van der Waals surface area contributed by atoms with Crippen LogP contribution in [0.15, 0.2) is 27.5 Å². The van der Waals surface area contributed by atoms with E-state index in [2.05, 4.69) is 40.5 Å². The monoisotopic (exact) mass is 659 g/mol. The zero-order chi connectivity index (χ0) is 33.0. The second-order valence-corrected chi connectivity index (χ2v) is 11.4. The molecule has 5 heterocycles. The first-order valence-corrected chi connectivity index (χ1v) is 14.0. The number of aryl methyl sites for hydroxylation is 1. The van der Waals surface area contributed by atoms with Gasteiger partial charge >= 0.3 is 6.18 Å². The van der Waals surface area contributed by atoms with Crippen molar-refractivity contribution in [2.24, 2.45) is 5.92 Å². The fraction of sp³-hybridized carbons (Fsp3) is 0.538. The molecule has 2 fully saturated rings. The summed E-state index contributed by atoms with van der Waals surface area (Å²) in [5, 5.41) is 22.6. The van der Waals surface area contributed by atoms with E-state index in [1.165, 1.54) is 29.9 Å². The number of amides is 2. The van der Waals surface area contributed by atoms with Gasteiger partial charge in [0, 0.05) is 19.8 Å². The first-order valence-electron chi connectivity index (χ1n) is 14.0. The van der Waals surface area contributed by atoms with Crippen molar-refractivity contribution in [3.8, 4) is 0 Å². The maximum Gasteiger partial charge on any atom is 0.408 e. The summed E-state index contributed by atoms with van der Waals surface area (Å²) < 4.78 is 107. The molecule has 46 heavy (non-hydrogen) atoms. The number of hydrogen-bond donors (Lipinski definition) is 2. The topological polar surface area (TPSA) is 166 Å². The van der Waals surface area contributed by atoms with Gasteiger partial charge in [0.15, 0.2) is 11.3 Å². The molecule has 6 rings (SSSR count). The number of alkyl halides is 7. The highest BCUT2D eigenvalue weighted by atomic mass is 19.4. The fourth-order valence-corrected chi connectivity index (χ4v) is 5.95. The number of nitrogens with zero attached hydrogens (tertiary/aromatic N) is 7. The number of carbonyl (C=O) groups is 2. The van der Waals surface area contributed by atoms with Crippen molar-refractivity contribution in [2.45, 2.75) is 81.5 Å². The van der Waals surface area contributed by atoms with E-state index >= 15 is 0 Å². The molecule has 4 aromatic rings. The van der Waals surface area contributed by atoms with Crippen LogP contribution in [0.5, 0.6) is 0 Å². The van der Waals surface area contributed by atoms with Gasteiger partial charge in [0.05, 0.1) is 24.1 Å². The van der Waals surface area contributed by atoms with Crippen LogP contribution >= 0.6 is 0 Å². The van der Waals surface area contributed by atoms with Crippen LogP contribution in [0.2, 0.25) is 0 Å². The minimum absolute atomic E-state index is 0.0368. The number of fused-ring (bicyclic) bond motifs is 1. The van der Waals surface area contributed by atoms with Crippen LogP contribution in [-0.4, -0.2) is 65.1 Å². The van der Waals surface area contributed by atoms with Crippen LogP contribution in [0.25, 0.3) is 5.65 Å². The highest BCUT2D eigenvalue weighted by Crippen LogP contribution is 2.43. The highest BCUT2D eigenvalue weighted by molar-refractivity contribution is 5.93. The number of carbonyl (C=O) groups excluding carboxylic acids is 2. The van der Waals surface area contributed by atoms with Gasteiger partial charge < -0.3 is 15.1 Å². The largest absolute Gasteiger partial charge is 0.424 e. The Morgan fingerprint density at radius 3 is 2.57 bits per heavy atom. The van der Waals surface area contributed by atoms with Crippen molar-refractivity contribution in [1.82, 2.24) is 45.7 Å². The van der Waals surface area contributed by atoms with E-state index in [-0.39, 0.29) is 47.9 Å². The number of halogens is 7. The molecule has 13 nitrogen and oxygen atoms in total. The first-order chi connectivity index (χ1) is 21.6. The summed E-state index contributed by atoms with van der Waals surface area (Å²) in [5.74, 6) is -5.82. The number of nitrogens with one attached hydrogen (secondary N) is 2. The van der Waals surface area contributed by atoms with E-state index in [1.807, 2.05) is 5.32 Å². The highest BCUT2D eigenvalue weighted by Gasteiger charge is 2.59. The summed E-state index contributed by atoms with van der Waals surface area (Å²) in [7, 11) is 0. The predicted octanol–water partition coefficient (Wildman–Crippen LogP) is 3.97. The Balaban J connectivity index is 1.33. The summed E-state index contributed by atoms with van der Waals surface area (Å²) in [6.07, 6.45) is -7.32. The third kappa shape index (κ3) is 5.86. The average molecular weight is 660 g/mol. The maximum absolute atomic E-state index is 14.0. The lowest BCUT2D eigenvalue weighted by Crippen LogP contribution is -2.40. The van der Waals surface area contributed by atoms with Crippen molar-refractivity contribution in [2.75, 3.05) is 0 Å². The minimum atomic E-state index is -4.74. The summed E-state index contributed by atoms with van der Waals surface area (Å²) in [4.78, 5) is 30.6. The van der Waals surface area contributed by atoms with Crippen LogP contribution in [0.4, 0.5) is 30.7 Å². The Kier molecular flexibility index (Phi) is 7.70. The van der Waals surface area contributed by atoms with Crippen LogP contribution in [0.1, 0.15) is 83.8 Å². The van der Waals surface area contributed by atoms with Crippen LogP contribution < -0.4 is 10.6 Å². The second kappa shape index (κ2) is 11.3. The lowest BCUT2D eigenvalue weighted by atomic mass is 9.79. The van der Waals surface area contributed by atoms with Crippen LogP contribution in [-0.2, 0) is 16.6 Å². The molecule has 0 unspecified atom stereocenters. The Bertz CT molecular complexity index is 1760. The van der Waals surface area contributed by atoms with Crippen molar-refractivity contribution in [3.63, 3.8) is 0 Å². The van der Waals surface area contributed by atoms with Crippen molar-refractivity contribution < 1.29 is 49.4 Å². The Morgan fingerprint density at radius 2 is 1.93 bits per heavy atom. The van der Waals surface area contributed by atoms with E-state index in [4.69, 9.17) is 4.42 Å². The van der Waals surface area contributed by atoms with Gasteiger partial charge in [0.1, 0.15) is 11.5 Å². The van der Waals surface area contributed by atoms with Gasteiger partial charge in [-0.1, -0.05) is 0 Å². The molecule has 2 N–H and O–H groups in total. The third-order valence-corrected chi connectivity index (χ3v) is 8.30. The average Bonchev–Trinajstić information content (AvgIpc) is 3.78. The number of aromatic nitrogens is 7. The molecule has 1 saturated heterocycles. The molecular formula is C26H24F7N9O4. The normalized spacial score (nSPS) is 22.8. The smallest absolute Gasteiger partial charge is 0.408 e. The number of rotatable bonds is 8. The molecule has 3 atom stereocenters. The number of imidazole rings is 1. The zero-order valence-corrected chi connectivity index (χ0v) is 23.7. The van der Waals surface area contributed by atoms with Gasteiger partial charge in [-0.05, 0) is 53.5 Å². The predicted molar refractivity (Wildman–Crippen MR) is 136 cm³/mol. The van der Waals surface area contributed by atoms with E-state index in [9.17, 15) is 40.3 Å². The van der Waals surface area contributed by atoms with Gasteiger partial charge in [-0.15, -0.1) is 10.2 Å². The van der Waals surface area contributed by atoms with E-state index in [1.54, 1.807) is 0 Å². The summed E-state index contributed by atoms with van der Waals surface area (Å²) in [6, 6.07) is -1.78. The zero-order valence-electron chi connectivity index (χ0n) is 23.7. The maximum atomic E-state index is 14.0. The van der Waals surface area contributed by atoms with Gasteiger partial charge in [-0.25, -0.2) is 31.7 Å². The molecule has 246 valence electrons. The quantitative estimate of drug-likeness (QED) is 0.264. The minimum Gasteiger partial charge on any atom is -0.424 e.